The van der Waals surface area contributed by atoms with Crippen LogP contribution < -0.4 is 10.6 Å². The molecule has 1 aliphatic rings. The summed E-state index contributed by atoms with van der Waals surface area (Å²) in [5, 5.41) is 8.89. The van der Waals surface area contributed by atoms with Gasteiger partial charge in [0, 0.05) is 17.6 Å². The van der Waals surface area contributed by atoms with Gasteiger partial charge in [0.05, 0.1) is 12.7 Å². The minimum Gasteiger partial charge on any atom is -0.465 e. The van der Waals surface area contributed by atoms with E-state index in [2.05, 4.69) is 15.6 Å². The largest absolute Gasteiger partial charge is 0.465 e. The van der Waals surface area contributed by atoms with Gasteiger partial charge >= 0.3 is 5.97 Å². The molecule has 1 aliphatic heterocycles. The van der Waals surface area contributed by atoms with Crippen LogP contribution in [0.1, 0.15) is 23.2 Å². The molecule has 2 heterocycles. The quantitative estimate of drug-likeness (QED) is 0.846. The molecule has 5 heteroatoms. The van der Waals surface area contributed by atoms with Gasteiger partial charge in [0.1, 0.15) is 5.82 Å². The lowest BCUT2D eigenvalue weighted by Gasteiger charge is -2.24. The van der Waals surface area contributed by atoms with Crippen molar-refractivity contribution in [3.8, 4) is 0 Å². The maximum Gasteiger partial charge on any atom is 0.337 e. The first kappa shape index (κ1) is 13.8. The Morgan fingerprint density at radius 1 is 1.33 bits per heavy atom. The number of fused-ring (bicyclic) bond motifs is 1. The minimum absolute atomic E-state index is 0.318. The van der Waals surface area contributed by atoms with E-state index in [0.717, 1.165) is 42.5 Å². The van der Waals surface area contributed by atoms with Gasteiger partial charge in [-0.25, -0.2) is 9.78 Å². The third-order valence-corrected chi connectivity index (χ3v) is 3.87. The van der Waals surface area contributed by atoms with Crippen LogP contribution in [0.4, 0.5) is 5.82 Å². The van der Waals surface area contributed by atoms with Gasteiger partial charge in [-0.3, -0.25) is 0 Å². The fourth-order valence-electron chi connectivity index (χ4n) is 2.70. The van der Waals surface area contributed by atoms with Gasteiger partial charge in [0.25, 0.3) is 0 Å². The van der Waals surface area contributed by atoms with Crippen LogP contribution in [-0.4, -0.2) is 37.2 Å². The third-order valence-electron chi connectivity index (χ3n) is 3.87. The highest BCUT2D eigenvalue weighted by atomic mass is 16.5. The number of carbonyl (C=O) groups is 1. The van der Waals surface area contributed by atoms with Crippen molar-refractivity contribution in [2.24, 2.45) is 0 Å². The normalized spacial score (nSPS) is 15.9. The first-order chi connectivity index (χ1) is 10.3. The fraction of sp³-hybridized carbons (Fsp3) is 0.375. The van der Waals surface area contributed by atoms with Crippen molar-refractivity contribution in [3.05, 3.63) is 36.0 Å². The number of aromatic nitrogens is 1. The van der Waals surface area contributed by atoms with Crippen LogP contribution in [0, 0.1) is 0 Å². The number of hydrogen-bond acceptors (Lipinski definition) is 5. The van der Waals surface area contributed by atoms with Crippen LogP contribution in [0.25, 0.3) is 10.8 Å². The van der Waals surface area contributed by atoms with E-state index in [0.29, 0.717) is 11.6 Å². The van der Waals surface area contributed by atoms with Crippen LogP contribution in [0.2, 0.25) is 0 Å². The number of rotatable bonds is 3. The number of methoxy groups -OCH3 is 1. The third kappa shape index (κ3) is 2.97. The zero-order valence-corrected chi connectivity index (χ0v) is 12.1. The lowest BCUT2D eigenvalue weighted by atomic mass is 10.1. The Balaban J connectivity index is 1.90. The van der Waals surface area contributed by atoms with Gasteiger partial charge in [-0.2, -0.15) is 0 Å². The molecule has 5 nitrogen and oxygen atoms in total. The highest BCUT2D eigenvalue weighted by Gasteiger charge is 2.15. The molecule has 0 bridgehead atoms. The Labute approximate surface area is 123 Å². The molecule has 1 aromatic heterocycles. The molecule has 0 radical (unpaired) electrons. The predicted octanol–water partition coefficient (Wildman–Crippen LogP) is 2.19. The second kappa shape index (κ2) is 6.10. The summed E-state index contributed by atoms with van der Waals surface area (Å²) in [6.45, 7) is 2.07. The van der Waals surface area contributed by atoms with Gasteiger partial charge in [-0.05, 0) is 55.6 Å². The Morgan fingerprint density at radius 3 is 2.90 bits per heavy atom. The van der Waals surface area contributed by atoms with Gasteiger partial charge < -0.3 is 15.4 Å². The summed E-state index contributed by atoms with van der Waals surface area (Å²) >= 11 is 0. The smallest absolute Gasteiger partial charge is 0.337 e. The Kier molecular flexibility index (Phi) is 4.01. The molecule has 1 aromatic carbocycles. The van der Waals surface area contributed by atoms with Crippen molar-refractivity contribution in [1.82, 2.24) is 10.3 Å². The van der Waals surface area contributed by atoms with E-state index in [9.17, 15) is 4.79 Å². The van der Waals surface area contributed by atoms with Crippen molar-refractivity contribution in [2.45, 2.75) is 18.9 Å². The van der Waals surface area contributed by atoms with Crippen LogP contribution in [0.15, 0.2) is 30.5 Å². The number of nitrogens with zero attached hydrogens (tertiary/aromatic N) is 1. The molecule has 21 heavy (non-hydrogen) atoms. The second-order valence-electron chi connectivity index (χ2n) is 5.26. The molecule has 0 spiro atoms. The molecule has 0 amide bonds. The molecule has 0 atom stereocenters. The average molecular weight is 285 g/mol. The van der Waals surface area contributed by atoms with E-state index in [-0.39, 0.29) is 5.97 Å². The van der Waals surface area contributed by atoms with E-state index in [1.54, 1.807) is 12.3 Å². The van der Waals surface area contributed by atoms with Gasteiger partial charge in [0.15, 0.2) is 0 Å². The first-order valence-corrected chi connectivity index (χ1v) is 7.22. The topological polar surface area (TPSA) is 63.2 Å². The van der Waals surface area contributed by atoms with Gasteiger partial charge in [-0.15, -0.1) is 0 Å². The molecule has 1 saturated heterocycles. The number of benzene rings is 1. The second-order valence-corrected chi connectivity index (χ2v) is 5.26. The standard InChI is InChI=1S/C16H19N3O2/c1-21-16(20)12-2-3-14-11(10-12)4-9-18-15(14)19-13-5-7-17-8-6-13/h2-4,9-10,13,17H,5-8H2,1H3,(H,18,19). The zero-order valence-electron chi connectivity index (χ0n) is 12.1. The number of carbonyl (C=O) groups excluding carboxylic acids is 1. The zero-order chi connectivity index (χ0) is 14.7. The summed E-state index contributed by atoms with van der Waals surface area (Å²) in [4.78, 5) is 16.0. The van der Waals surface area contributed by atoms with E-state index in [4.69, 9.17) is 4.74 Å². The fourth-order valence-corrected chi connectivity index (χ4v) is 2.70. The van der Waals surface area contributed by atoms with Crippen molar-refractivity contribution >= 4 is 22.6 Å². The molecular weight excluding hydrogens is 266 g/mol. The predicted molar refractivity (Wildman–Crippen MR) is 82.6 cm³/mol. The molecule has 110 valence electrons. The molecule has 2 N–H and O–H groups in total. The van der Waals surface area contributed by atoms with Crippen LogP contribution >= 0.6 is 0 Å². The summed E-state index contributed by atoms with van der Waals surface area (Å²) in [5.74, 6) is 0.567. The van der Waals surface area contributed by atoms with Crippen molar-refractivity contribution in [1.29, 1.82) is 0 Å². The molecule has 1 fully saturated rings. The maximum atomic E-state index is 11.6. The van der Waals surface area contributed by atoms with E-state index < -0.39 is 0 Å². The van der Waals surface area contributed by atoms with Crippen molar-refractivity contribution in [3.63, 3.8) is 0 Å². The number of hydrogen-bond donors (Lipinski definition) is 2. The Bertz CT molecular complexity index is 651. The molecule has 2 aromatic rings. The summed E-state index contributed by atoms with van der Waals surface area (Å²) in [7, 11) is 1.39. The highest BCUT2D eigenvalue weighted by molar-refractivity contribution is 5.98. The number of piperidine rings is 1. The number of esters is 1. The summed E-state index contributed by atoms with van der Waals surface area (Å²) < 4.78 is 4.76. The minimum atomic E-state index is -0.318. The monoisotopic (exact) mass is 285 g/mol. The lowest BCUT2D eigenvalue weighted by Crippen LogP contribution is -2.35. The number of anilines is 1. The molecule has 0 aliphatic carbocycles. The van der Waals surface area contributed by atoms with Gasteiger partial charge in [0.2, 0.25) is 0 Å². The Morgan fingerprint density at radius 2 is 2.14 bits per heavy atom. The van der Waals surface area contributed by atoms with Gasteiger partial charge in [-0.1, -0.05) is 0 Å². The van der Waals surface area contributed by atoms with Crippen molar-refractivity contribution < 1.29 is 9.53 Å². The van der Waals surface area contributed by atoms with E-state index in [1.165, 1.54) is 7.11 Å². The van der Waals surface area contributed by atoms with E-state index in [1.807, 2.05) is 18.2 Å². The van der Waals surface area contributed by atoms with Crippen molar-refractivity contribution in [2.75, 3.05) is 25.5 Å². The molecule has 0 saturated carbocycles. The number of pyridine rings is 1. The molecule has 3 rings (SSSR count). The summed E-state index contributed by atoms with van der Waals surface area (Å²) in [6.07, 6.45) is 3.96. The first-order valence-electron chi connectivity index (χ1n) is 7.22. The van der Waals surface area contributed by atoms with Crippen LogP contribution in [-0.2, 0) is 4.74 Å². The summed E-state index contributed by atoms with van der Waals surface area (Å²) in [5.41, 5.74) is 0.559. The maximum absolute atomic E-state index is 11.6. The summed E-state index contributed by atoms with van der Waals surface area (Å²) in [6, 6.07) is 7.91. The Hall–Kier alpha value is -2.14. The molecule has 0 unspecified atom stereocenters. The van der Waals surface area contributed by atoms with Crippen LogP contribution in [0.3, 0.4) is 0 Å². The lowest BCUT2D eigenvalue weighted by molar-refractivity contribution is 0.0601. The SMILES string of the molecule is COC(=O)c1ccc2c(NC3CCNCC3)nccc2c1. The van der Waals surface area contributed by atoms with Crippen LogP contribution in [0.5, 0.6) is 0 Å². The average Bonchev–Trinajstić information content (AvgIpc) is 2.55. The highest BCUT2D eigenvalue weighted by Crippen LogP contribution is 2.24. The molecular formula is C16H19N3O2. The number of nitrogens with one attached hydrogen (secondary N) is 2. The number of ether oxygens (including phenoxy) is 1. The van der Waals surface area contributed by atoms with E-state index >= 15 is 0 Å².